The Morgan fingerprint density at radius 3 is 2.67 bits per heavy atom. The molecule has 0 aliphatic carbocycles. The van der Waals surface area contributed by atoms with E-state index in [0.29, 0.717) is 6.54 Å². The first-order chi connectivity index (χ1) is 11.7. The lowest BCUT2D eigenvalue weighted by atomic mass is 9.96. The SMILES string of the molecule is CCNC(=NCc1ccccc1CO)N(C)CCC1CCOCC1. The summed E-state index contributed by atoms with van der Waals surface area (Å²) in [5.74, 6) is 1.69. The van der Waals surface area contributed by atoms with Gasteiger partial charge in [-0.1, -0.05) is 24.3 Å². The summed E-state index contributed by atoms with van der Waals surface area (Å²) in [5, 5.41) is 12.8. The van der Waals surface area contributed by atoms with Gasteiger partial charge in [-0.15, -0.1) is 0 Å². The minimum absolute atomic E-state index is 0.0574. The predicted molar refractivity (Wildman–Crippen MR) is 98.0 cm³/mol. The van der Waals surface area contributed by atoms with Gasteiger partial charge in [0, 0.05) is 33.4 Å². The summed E-state index contributed by atoms with van der Waals surface area (Å²) in [5.41, 5.74) is 2.02. The number of nitrogens with one attached hydrogen (secondary N) is 1. The Balaban J connectivity index is 1.93. The third-order valence-corrected chi connectivity index (χ3v) is 4.60. The van der Waals surface area contributed by atoms with E-state index in [1.165, 1.54) is 19.3 Å². The van der Waals surface area contributed by atoms with Crippen LogP contribution in [0.5, 0.6) is 0 Å². The largest absolute Gasteiger partial charge is 0.392 e. The number of hydrogen-bond acceptors (Lipinski definition) is 3. The average molecular weight is 333 g/mol. The molecule has 2 rings (SSSR count). The fourth-order valence-corrected chi connectivity index (χ4v) is 3.01. The zero-order chi connectivity index (χ0) is 17.2. The number of ether oxygens (including phenoxy) is 1. The molecular formula is C19H31N3O2. The van der Waals surface area contributed by atoms with E-state index in [1.54, 1.807) is 0 Å². The van der Waals surface area contributed by atoms with Crippen molar-refractivity contribution in [2.45, 2.75) is 39.3 Å². The lowest BCUT2D eigenvalue weighted by molar-refractivity contribution is 0.0625. The Morgan fingerprint density at radius 2 is 2.00 bits per heavy atom. The number of aliphatic hydroxyl groups is 1. The fraction of sp³-hybridized carbons (Fsp3) is 0.632. The Hall–Kier alpha value is -1.59. The molecule has 1 aromatic carbocycles. The molecule has 5 nitrogen and oxygen atoms in total. The van der Waals surface area contributed by atoms with E-state index in [-0.39, 0.29) is 6.61 Å². The van der Waals surface area contributed by atoms with Gasteiger partial charge >= 0.3 is 0 Å². The molecule has 5 heteroatoms. The molecule has 0 saturated carbocycles. The van der Waals surface area contributed by atoms with Gasteiger partial charge in [-0.05, 0) is 43.2 Å². The van der Waals surface area contributed by atoms with Gasteiger partial charge in [-0.2, -0.15) is 0 Å². The van der Waals surface area contributed by atoms with Gasteiger partial charge in [-0.3, -0.25) is 0 Å². The topological polar surface area (TPSA) is 57.1 Å². The maximum atomic E-state index is 9.44. The van der Waals surface area contributed by atoms with Crippen molar-refractivity contribution in [1.82, 2.24) is 10.2 Å². The maximum Gasteiger partial charge on any atom is 0.193 e. The summed E-state index contributed by atoms with van der Waals surface area (Å²) in [7, 11) is 2.10. The molecule has 1 aromatic rings. The maximum absolute atomic E-state index is 9.44. The van der Waals surface area contributed by atoms with Crippen LogP contribution in [0.1, 0.15) is 37.3 Å². The van der Waals surface area contributed by atoms with E-state index < -0.39 is 0 Å². The molecule has 0 aromatic heterocycles. The number of rotatable bonds is 7. The van der Waals surface area contributed by atoms with Crippen LogP contribution >= 0.6 is 0 Å². The molecule has 1 aliphatic rings. The fourth-order valence-electron chi connectivity index (χ4n) is 3.01. The number of benzene rings is 1. The minimum Gasteiger partial charge on any atom is -0.392 e. The van der Waals surface area contributed by atoms with E-state index in [0.717, 1.165) is 49.3 Å². The van der Waals surface area contributed by atoms with Crippen molar-refractivity contribution in [2.24, 2.45) is 10.9 Å². The minimum atomic E-state index is 0.0574. The quantitative estimate of drug-likeness (QED) is 0.594. The summed E-state index contributed by atoms with van der Waals surface area (Å²) in [4.78, 5) is 6.96. The molecule has 2 N–H and O–H groups in total. The van der Waals surface area contributed by atoms with Crippen molar-refractivity contribution < 1.29 is 9.84 Å². The highest BCUT2D eigenvalue weighted by Crippen LogP contribution is 2.18. The van der Waals surface area contributed by atoms with Gasteiger partial charge in [0.2, 0.25) is 0 Å². The summed E-state index contributed by atoms with van der Waals surface area (Å²) in [6.45, 7) is 6.38. The van der Waals surface area contributed by atoms with Crippen molar-refractivity contribution in [3.63, 3.8) is 0 Å². The summed E-state index contributed by atoms with van der Waals surface area (Å²) < 4.78 is 5.43. The molecule has 1 saturated heterocycles. The highest BCUT2D eigenvalue weighted by molar-refractivity contribution is 5.79. The lowest BCUT2D eigenvalue weighted by Gasteiger charge is -2.27. The molecule has 0 unspecified atom stereocenters. The van der Waals surface area contributed by atoms with Gasteiger partial charge in [0.1, 0.15) is 0 Å². The second-order valence-electron chi connectivity index (χ2n) is 6.36. The number of aliphatic hydroxyl groups excluding tert-OH is 1. The normalized spacial score (nSPS) is 16.2. The van der Waals surface area contributed by atoms with E-state index >= 15 is 0 Å². The second-order valence-corrected chi connectivity index (χ2v) is 6.36. The smallest absolute Gasteiger partial charge is 0.193 e. The molecule has 0 radical (unpaired) electrons. The van der Waals surface area contributed by atoms with E-state index in [4.69, 9.17) is 9.73 Å². The number of aliphatic imine (C=N–C) groups is 1. The van der Waals surface area contributed by atoms with Gasteiger partial charge in [0.05, 0.1) is 13.2 Å². The van der Waals surface area contributed by atoms with Crippen LogP contribution in [-0.2, 0) is 17.9 Å². The molecule has 1 aliphatic heterocycles. The summed E-state index contributed by atoms with van der Waals surface area (Å²) in [6.07, 6.45) is 3.52. The molecule has 0 atom stereocenters. The molecule has 0 amide bonds. The molecule has 24 heavy (non-hydrogen) atoms. The van der Waals surface area contributed by atoms with Crippen LogP contribution in [0.3, 0.4) is 0 Å². The van der Waals surface area contributed by atoms with Crippen molar-refractivity contribution in [3.05, 3.63) is 35.4 Å². The van der Waals surface area contributed by atoms with Crippen LogP contribution < -0.4 is 5.32 Å². The Morgan fingerprint density at radius 1 is 1.29 bits per heavy atom. The summed E-state index contributed by atoms with van der Waals surface area (Å²) >= 11 is 0. The monoisotopic (exact) mass is 333 g/mol. The van der Waals surface area contributed by atoms with Crippen LogP contribution in [0.15, 0.2) is 29.3 Å². The highest BCUT2D eigenvalue weighted by Gasteiger charge is 2.15. The van der Waals surface area contributed by atoms with E-state index in [9.17, 15) is 5.11 Å². The number of nitrogens with zero attached hydrogens (tertiary/aromatic N) is 2. The van der Waals surface area contributed by atoms with Crippen LogP contribution in [0.4, 0.5) is 0 Å². The Kier molecular flexibility index (Phi) is 8.05. The van der Waals surface area contributed by atoms with Gasteiger partial charge in [-0.25, -0.2) is 4.99 Å². The molecular weight excluding hydrogens is 302 g/mol. The summed E-state index contributed by atoms with van der Waals surface area (Å²) in [6, 6.07) is 7.92. The van der Waals surface area contributed by atoms with E-state index in [2.05, 4.69) is 24.2 Å². The first-order valence-corrected chi connectivity index (χ1v) is 8.99. The standard InChI is InChI=1S/C19H31N3O2/c1-3-20-19(21-14-17-6-4-5-7-18(17)15-23)22(2)11-8-16-9-12-24-13-10-16/h4-7,16,23H,3,8-15H2,1-2H3,(H,20,21). The van der Waals surface area contributed by atoms with Crippen molar-refractivity contribution in [3.8, 4) is 0 Å². The number of hydrogen-bond donors (Lipinski definition) is 2. The molecule has 0 bridgehead atoms. The Bertz CT molecular complexity index is 513. The zero-order valence-corrected chi connectivity index (χ0v) is 15.0. The van der Waals surface area contributed by atoms with Crippen LogP contribution in [0, 0.1) is 5.92 Å². The first-order valence-electron chi connectivity index (χ1n) is 8.99. The van der Waals surface area contributed by atoms with Gasteiger partial charge in [0.15, 0.2) is 5.96 Å². The predicted octanol–water partition coefficient (Wildman–Crippen LogP) is 2.39. The molecule has 1 heterocycles. The lowest BCUT2D eigenvalue weighted by Crippen LogP contribution is -2.40. The van der Waals surface area contributed by atoms with Crippen LogP contribution in [0.2, 0.25) is 0 Å². The van der Waals surface area contributed by atoms with Crippen LogP contribution in [-0.4, -0.2) is 49.3 Å². The van der Waals surface area contributed by atoms with Crippen molar-refractivity contribution >= 4 is 5.96 Å². The highest BCUT2D eigenvalue weighted by atomic mass is 16.5. The second kappa shape index (κ2) is 10.3. The van der Waals surface area contributed by atoms with E-state index in [1.807, 2.05) is 24.3 Å². The van der Waals surface area contributed by atoms with Gasteiger partial charge < -0.3 is 20.1 Å². The molecule has 1 fully saturated rings. The van der Waals surface area contributed by atoms with Gasteiger partial charge in [0.25, 0.3) is 0 Å². The zero-order valence-electron chi connectivity index (χ0n) is 15.0. The average Bonchev–Trinajstić information content (AvgIpc) is 2.64. The van der Waals surface area contributed by atoms with Crippen molar-refractivity contribution in [2.75, 3.05) is 33.4 Å². The molecule has 0 spiro atoms. The third kappa shape index (κ3) is 5.80. The third-order valence-electron chi connectivity index (χ3n) is 4.60. The van der Waals surface area contributed by atoms with Crippen LogP contribution in [0.25, 0.3) is 0 Å². The Labute approximate surface area is 145 Å². The first kappa shape index (κ1) is 18.7. The van der Waals surface area contributed by atoms with Crippen molar-refractivity contribution in [1.29, 1.82) is 0 Å². The molecule has 134 valence electrons. The number of guanidine groups is 1.